The van der Waals surface area contributed by atoms with Gasteiger partial charge in [0.2, 0.25) is 11.8 Å². The molecule has 0 spiro atoms. The van der Waals surface area contributed by atoms with Crippen molar-refractivity contribution < 1.29 is 14.3 Å². The van der Waals surface area contributed by atoms with Gasteiger partial charge in [-0.15, -0.1) is 0 Å². The molecule has 8 heteroatoms. The fraction of sp³-hybridized carbons (Fsp3) is 0.667. The number of fused-ring (bicyclic) bond motifs is 1. The van der Waals surface area contributed by atoms with Crippen LogP contribution in [0, 0.1) is 5.92 Å². The van der Waals surface area contributed by atoms with Crippen molar-refractivity contribution in [3.8, 4) is 0 Å². The lowest BCUT2D eigenvalue weighted by molar-refractivity contribution is -0.136. The Morgan fingerprint density at radius 3 is 2.88 bits per heavy atom. The maximum Gasteiger partial charge on any atom is 0.225 e. The lowest BCUT2D eigenvalue weighted by atomic mass is 9.92. The van der Waals surface area contributed by atoms with Gasteiger partial charge in [-0.1, -0.05) is 0 Å². The summed E-state index contributed by atoms with van der Waals surface area (Å²) in [6.45, 7) is 3.44. The highest BCUT2D eigenvalue weighted by Crippen LogP contribution is 2.32. The molecule has 1 saturated carbocycles. The second-order valence-electron chi connectivity index (χ2n) is 9.42. The minimum absolute atomic E-state index is 0.0757. The Labute approximate surface area is 188 Å². The quantitative estimate of drug-likeness (QED) is 0.716. The van der Waals surface area contributed by atoms with E-state index in [1.807, 2.05) is 15.6 Å². The third-order valence-electron chi connectivity index (χ3n) is 6.94. The summed E-state index contributed by atoms with van der Waals surface area (Å²) in [6.07, 6.45) is 9.60. The van der Waals surface area contributed by atoms with E-state index in [4.69, 9.17) is 9.84 Å². The highest BCUT2D eigenvalue weighted by atomic mass is 16.5. The van der Waals surface area contributed by atoms with Crippen LogP contribution in [0.4, 0.5) is 0 Å². The van der Waals surface area contributed by atoms with E-state index in [9.17, 15) is 9.59 Å². The van der Waals surface area contributed by atoms with Crippen LogP contribution in [0.5, 0.6) is 0 Å². The number of rotatable bonds is 7. The number of likely N-dealkylation sites (tertiary alicyclic amines) is 1. The van der Waals surface area contributed by atoms with Gasteiger partial charge in [0.25, 0.3) is 0 Å². The van der Waals surface area contributed by atoms with Gasteiger partial charge in [0.15, 0.2) is 5.65 Å². The Hall–Kier alpha value is -2.48. The zero-order valence-electron chi connectivity index (χ0n) is 18.7. The topological polar surface area (TPSA) is 89.4 Å². The van der Waals surface area contributed by atoms with Crippen molar-refractivity contribution in [1.82, 2.24) is 25.0 Å². The number of carbonyl (C=O) groups is 2. The van der Waals surface area contributed by atoms with Gasteiger partial charge in [-0.25, -0.2) is 9.67 Å². The van der Waals surface area contributed by atoms with Gasteiger partial charge in [-0.05, 0) is 57.1 Å². The molecule has 2 atom stereocenters. The lowest BCUT2D eigenvalue weighted by Gasteiger charge is -2.33. The summed E-state index contributed by atoms with van der Waals surface area (Å²) >= 11 is 0. The largest absolute Gasteiger partial charge is 0.378 e. The molecule has 8 nitrogen and oxygen atoms in total. The predicted molar refractivity (Wildman–Crippen MR) is 120 cm³/mol. The number of nitrogens with one attached hydrogen (secondary N) is 1. The monoisotopic (exact) mass is 439 g/mol. The van der Waals surface area contributed by atoms with Crippen molar-refractivity contribution in [3.05, 3.63) is 24.0 Å². The number of aromatic nitrogens is 3. The molecule has 0 radical (unpaired) electrons. The molecule has 5 rings (SSSR count). The summed E-state index contributed by atoms with van der Waals surface area (Å²) in [5, 5.41) is 8.99. The highest BCUT2D eigenvalue weighted by Gasteiger charge is 2.31. The maximum atomic E-state index is 12.9. The summed E-state index contributed by atoms with van der Waals surface area (Å²) in [7, 11) is 0. The van der Waals surface area contributed by atoms with Crippen LogP contribution in [0.3, 0.4) is 0 Å². The maximum absolute atomic E-state index is 12.9. The molecule has 2 saturated heterocycles. The van der Waals surface area contributed by atoms with Gasteiger partial charge < -0.3 is 15.0 Å². The van der Waals surface area contributed by atoms with Crippen LogP contribution in [-0.2, 0) is 20.9 Å². The summed E-state index contributed by atoms with van der Waals surface area (Å²) in [4.78, 5) is 31.5. The predicted octanol–water partition coefficient (Wildman–Crippen LogP) is 2.62. The molecule has 2 amide bonds. The molecule has 2 aliphatic heterocycles. The first-order valence-electron chi connectivity index (χ1n) is 12.2. The van der Waals surface area contributed by atoms with Crippen molar-refractivity contribution in [3.63, 3.8) is 0 Å². The molecule has 2 unspecified atom stereocenters. The number of ether oxygens (including phenoxy) is 1. The van der Waals surface area contributed by atoms with Crippen LogP contribution in [0.2, 0.25) is 0 Å². The lowest BCUT2D eigenvalue weighted by Crippen LogP contribution is -2.41. The van der Waals surface area contributed by atoms with E-state index >= 15 is 0 Å². The number of hydrogen-bond donors (Lipinski definition) is 1. The van der Waals surface area contributed by atoms with Crippen molar-refractivity contribution in [2.24, 2.45) is 5.92 Å². The van der Waals surface area contributed by atoms with Crippen LogP contribution < -0.4 is 5.32 Å². The zero-order chi connectivity index (χ0) is 21.9. The first-order chi connectivity index (χ1) is 15.7. The van der Waals surface area contributed by atoms with Gasteiger partial charge in [0.05, 0.1) is 24.8 Å². The summed E-state index contributed by atoms with van der Waals surface area (Å²) in [5.74, 6) is 0.765. The molecular formula is C24H33N5O3. The van der Waals surface area contributed by atoms with Gasteiger partial charge in [-0.3, -0.25) is 9.59 Å². The van der Waals surface area contributed by atoms with Gasteiger partial charge in [-0.2, -0.15) is 5.10 Å². The van der Waals surface area contributed by atoms with Gasteiger partial charge >= 0.3 is 0 Å². The summed E-state index contributed by atoms with van der Waals surface area (Å²) < 4.78 is 7.69. The third kappa shape index (κ3) is 4.80. The third-order valence-corrected chi connectivity index (χ3v) is 6.94. The number of nitrogens with zero attached hydrogens (tertiary/aromatic N) is 4. The number of pyridine rings is 1. The Morgan fingerprint density at radius 1 is 1.16 bits per heavy atom. The van der Waals surface area contributed by atoms with Crippen molar-refractivity contribution in [2.45, 2.75) is 69.9 Å². The van der Waals surface area contributed by atoms with Crippen LogP contribution in [0.15, 0.2) is 18.3 Å². The molecule has 2 aromatic rings. The molecule has 3 fully saturated rings. The van der Waals surface area contributed by atoms with Gasteiger partial charge in [0.1, 0.15) is 0 Å². The molecule has 32 heavy (non-hydrogen) atoms. The Bertz CT molecular complexity index is 964. The summed E-state index contributed by atoms with van der Waals surface area (Å²) in [5.41, 5.74) is 1.87. The molecule has 1 N–H and O–H groups in total. The van der Waals surface area contributed by atoms with Crippen molar-refractivity contribution >= 4 is 22.8 Å². The Kier molecular flexibility index (Phi) is 6.39. The second-order valence-corrected chi connectivity index (χ2v) is 9.42. The van der Waals surface area contributed by atoms with E-state index in [2.05, 4.69) is 16.4 Å². The Balaban J connectivity index is 1.26. The van der Waals surface area contributed by atoms with E-state index in [1.54, 1.807) is 6.20 Å². The van der Waals surface area contributed by atoms with E-state index in [0.717, 1.165) is 74.8 Å². The highest BCUT2D eigenvalue weighted by molar-refractivity contribution is 5.81. The Morgan fingerprint density at radius 2 is 2.06 bits per heavy atom. The molecule has 2 aromatic heterocycles. The van der Waals surface area contributed by atoms with Crippen molar-refractivity contribution in [1.29, 1.82) is 0 Å². The SMILES string of the molecule is O=C(NCCn1nc(C2CCCN(C(=O)CC3CCCCO3)C2)c2cccnc21)C1CC1. The second kappa shape index (κ2) is 9.57. The number of amides is 2. The van der Waals surface area contributed by atoms with Gasteiger partial charge in [0, 0.05) is 49.7 Å². The van der Waals surface area contributed by atoms with Crippen molar-refractivity contribution in [2.75, 3.05) is 26.2 Å². The first-order valence-corrected chi connectivity index (χ1v) is 12.2. The fourth-order valence-electron chi connectivity index (χ4n) is 4.99. The van der Waals surface area contributed by atoms with Crippen LogP contribution in [0.1, 0.15) is 63.0 Å². The molecule has 0 aromatic carbocycles. The van der Waals surface area contributed by atoms with E-state index in [0.29, 0.717) is 26.1 Å². The standard InChI is InChI=1S/C24H33N5O3/c30-21(15-19-6-1-2-14-32-19)28-12-4-5-18(16-28)22-20-7-3-10-25-23(20)29(27-22)13-11-26-24(31)17-8-9-17/h3,7,10,17-19H,1-2,4-6,8-9,11-16H2,(H,26,31). The molecule has 0 bridgehead atoms. The smallest absolute Gasteiger partial charge is 0.225 e. The molecule has 1 aliphatic carbocycles. The zero-order valence-corrected chi connectivity index (χ0v) is 18.7. The normalized spacial score (nSPS) is 23.9. The average molecular weight is 440 g/mol. The van der Waals surface area contributed by atoms with E-state index in [-0.39, 0.29) is 29.8 Å². The number of piperidine rings is 1. The average Bonchev–Trinajstić information content (AvgIpc) is 3.62. The molecule has 3 aliphatic rings. The van der Waals surface area contributed by atoms with Crippen LogP contribution in [-0.4, -0.2) is 63.8 Å². The fourth-order valence-corrected chi connectivity index (χ4v) is 4.99. The van der Waals surface area contributed by atoms with Crippen LogP contribution >= 0.6 is 0 Å². The van der Waals surface area contributed by atoms with Crippen LogP contribution in [0.25, 0.3) is 11.0 Å². The number of hydrogen-bond acceptors (Lipinski definition) is 5. The molecule has 4 heterocycles. The van der Waals surface area contributed by atoms with E-state index < -0.39 is 0 Å². The molecular weight excluding hydrogens is 406 g/mol. The number of carbonyl (C=O) groups excluding carboxylic acids is 2. The van der Waals surface area contributed by atoms with E-state index in [1.165, 1.54) is 0 Å². The summed E-state index contributed by atoms with van der Waals surface area (Å²) in [6, 6.07) is 4.01. The first kappa shape index (κ1) is 21.4. The molecule has 172 valence electrons. The minimum atomic E-state index is 0.0757. The minimum Gasteiger partial charge on any atom is -0.378 e.